The van der Waals surface area contributed by atoms with Crippen molar-refractivity contribution in [3.8, 4) is 0 Å². The zero-order valence-corrected chi connectivity index (χ0v) is 11.7. The average molecular weight is 313 g/mol. The van der Waals surface area contributed by atoms with E-state index in [2.05, 4.69) is 0 Å². The molecule has 1 fully saturated rings. The Balaban J connectivity index is 2.10. The third-order valence-corrected chi connectivity index (χ3v) is 3.58. The normalized spacial score (nSPS) is 28.6. The Kier molecular flexibility index (Phi) is 4.70. The van der Waals surface area contributed by atoms with Crippen molar-refractivity contribution in [2.24, 2.45) is 0 Å². The molecule has 22 heavy (non-hydrogen) atoms. The molecule has 8 heteroatoms. The molecule has 2 radical (unpaired) electrons. The van der Waals surface area contributed by atoms with E-state index in [4.69, 9.17) is 17.7 Å². The molecule has 0 bridgehead atoms. The van der Waals surface area contributed by atoms with Gasteiger partial charge in [0, 0.05) is 18.8 Å². The van der Waals surface area contributed by atoms with Crippen LogP contribution in [0, 0.1) is 0 Å². The van der Waals surface area contributed by atoms with Gasteiger partial charge in [0.2, 0.25) is 0 Å². The van der Waals surface area contributed by atoms with Gasteiger partial charge in [-0.25, -0.2) is 4.79 Å². The molecular weight excluding hydrogens is 298 g/mol. The number of halogens is 3. The Bertz CT molecular complexity index is 530. The maximum absolute atomic E-state index is 13.1. The van der Waals surface area contributed by atoms with E-state index in [0.29, 0.717) is 25.2 Å². The molecule has 1 N–H and O–H groups in total. The number of carboxylic acid groups (broad SMARTS) is 1. The lowest BCUT2D eigenvalue weighted by molar-refractivity contribution is -0.144. The molecule has 1 heterocycles. The van der Waals surface area contributed by atoms with Crippen LogP contribution in [0.15, 0.2) is 36.1 Å². The Morgan fingerprint density at radius 3 is 2.86 bits per heavy atom. The second kappa shape index (κ2) is 6.20. The maximum Gasteiger partial charge on any atom is 0.393 e. The lowest BCUT2D eigenvalue weighted by Gasteiger charge is -2.28. The summed E-state index contributed by atoms with van der Waals surface area (Å²) in [6.07, 6.45) is 1.84. The number of allylic oxidation sites excluding steroid dienone is 5. The standard InChI is InChI=1S/C14H15BF3NO3/c15-13(14(16,17)18)5-2-1-3-10(7-13)19-6-4-11(8-19)22-9-12(20)21/h1-3,5,7,11H,4,6,8-9H2,(H,20,21). The highest BCUT2D eigenvalue weighted by molar-refractivity contribution is 6.19. The average Bonchev–Trinajstić information content (AvgIpc) is 2.78. The van der Waals surface area contributed by atoms with Gasteiger partial charge in [0.05, 0.1) is 19.3 Å². The summed E-state index contributed by atoms with van der Waals surface area (Å²) in [5.74, 6) is -1.07. The van der Waals surface area contributed by atoms with E-state index >= 15 is 0 Å². The summed E-state index contributed by atoms with van der Waals surface area (Å²) in [7, 11) is 5.46. The third kappa shape index (κ3) is 3.74. The lowest BCUT2D eigenvalue weighted by Crippen LogP contribution is -2.30. The number of nitrogens with zero attached hydrogens (tertiary/aromatic N) is 1. The van der Waals surface area contributed by atoms with Gasteiger partial charge in [0.1, 0.15) is 6.61 Å². The Morgan fingerprint density at radius 1 is 1.50 bits per heavy atom. The highest BCUT2D eigenvalue weighted by Gasteiger charge is 2.47. The minimum Gasteiger partial charge on any atom is -0.480 e. The van der Waals surface area contributed by atoms with E-state index in [0.717, 1.165) is 12.2 Å². The first-order valence-corrected chi connectivity index (χ1v) is 6.74. The molecule has 2 rings (SSSR count). The van der Waals surface area contributed by atoms with Gasteiger partial charge in [-0.3, -0.25) is 0 Å². The third-order valence-electron chi connectivity index (χ3n) is 3.58. The number of hydrogen-bond donors (Lipinski definition) is 1. The summed E-state index contributed by atoms with van der Waals surface area (Å²) in [4.78, 5) is 12.2. The lowest BCUT2D eigenvalue weighted by atomic mass is 9.67. The Morgan fingerprint density at radius 2 is 2.23 bits per heavy atom. The van der Waals surface area contributed by atoms with Crippen molar-refractivity contribution in [2.75, 3.05) is 19.7 Å². The molecule has 0 spiro atoms. The maximum atomic E-state index is 13.1. The number of hydrogen-bond acceptors (Lipinski definition) is 3. The topological polar surface area (TPSA) is 49.8 Å². The minimum atomic E-state index is -4.60. The summed E-state index contributed by atoms with van der Waals surface area (Å²) in [6.45, 7) is 0.393. The first kappa shape index (κ1) is 16.7. The predicted octanol–water partition coefficient (Wildman–Crippen LogP) is 2.06. The Labute approximate surface area is 127 Å². The molecular formula is C14H15BF3NO3. The largest absolute Gasteiger partial charge is 0.480 e. The predicted molar refractivity (Wildman–Crippen MR) is 74.4 cm³/mol. The molecule has 2 unspecified atom stereocenters. The number of likely N-dealkylation sites (tertiary alicyclic amines) is 1. The fourth-order valence-corrected chi connectivity index (χ4v) is 2.37. The second-order valence-corrected chi connectivity index (χ2v) is 5.28. The van der Waals surface area contributed by atoms with Crippen LogP contribution in [0.5, 0.6) is 0 Å². The highest BCUT2D eigenvalue weighted by Crippen LogP contribution is 2.46. The van der Waals surface area contributed by atoms with Crippen molar-refractivity contribution in [1.82, 2.24) is 4.90 Å². The zero-order chi connectivity index (χ0) is 16.4. The van der Waals surface area contributed by atoms with Gasteiger partial charge in [0.25, 0.3) is 0 Å². The van der Waals surface area contributed by atoms with Gasteiger partial charge in [-0.2, -0.15) is 13.2 Å². The van der Waals surface area contributed by atoms with Crippen molar-refractivity contribution in [2.45, 2.75) is 24.0 Å². The van der Waals surface area contributed by atoms with Crippen LogP contribution in [0.3, 0.4) is 0 Å². The number of ether oxygens (including phenoxy) is 1. The van der Waals surface area contributed by atoms with Crippen LogP contribution in [0.2, 0.25) is 5.31 Å². The molecule has 118 valence electrons. The quantitative estimate of drug-likeness (QED) is 0.807. The molecule has 0 aromatic rings. The molecule has 2 atom stereocenters. The molecule has 1 saturated heterocycles. The Hall–Kier alpha value is -1.70. The fraction of sp³-hybridized carbons (Fsp3) is 0.500. The molecule has 0 amide bonds. The van der Waals surface area contributed by atoms with E-state index in [1.807, 2.05) is 0 Å². The summed E-state index contributed by atoms with van der Waals surface area (Å²) in [5, 5.41) is 6.05. The van der Waals surface area contributed by atoms with Crippen LogP contribution in [0.1, 0.15) is 6.42 Å². The summed E-state index contributed by atoms with van der Waals surface area (Å²) >= 11 is 0. The first-order valence-electron chi connectivity index (χ1n) is 6.74. The molecule has 0 aromatic carbocycles. The molecule has 1 aliphatic heterocycles. The first-order chi connectivity index (χ1) is 10.2. The monoisotopic (exact) mass is 313 g/mol. The van der Waals surface area contributed by atoms with Crippen LogP contribution in [0.4, 0.5) is 13.2 Å². The van der Waals surface area contributed by atoms with Crippen molar-refractivity contribution < 1.29 is 27.8 Å². The van der Waals surface area contributed by atoms with Crippen molar-refractivity contribution in [3.05, 3.63) is 36.1 Å². The second-order valence-electron chi connectivity index (χ2n) is 5.28. The number of alkyl halides is 3. The van der Waals surface area contributed by atoms with Crippen LogP contribution in [0.25, 0.3) is 0 Å². The fourth-order valence-electron chi connectivity index (χ4n) is 2.37. The molecule has 0 aromatic heterocycles. The van der Waals surface area contributed by atoms with Gasteiger partial charge in [-0.15, -0.1) is 0 Å². The van der Waals surface area contributed by atoms with Crippen molar-refractivity contribution in [3.63, 3.8) is 0 Å². The molecule has 0 saturated carbocycles. The van der Waals surface area contributed by atoms with Crippen LogP contribution in [-0.2, 0) is 9.53 Å². The smallest absolute Gasteiger partial charge is 0.393 e. The molecule has 1 aliphatic carbocycles. The van der Waals surface area contributed by atoms with Gasteiger partial charge in [-0.05, 0) is 12.5 Å². The van der Waals surface area contributed by atoms with E-state index in [1.165, 1.54) is 12.2 Å². The highest BCUT2D eigenvalue weighted by atomic mass is 19.4. The molecule has 4 nitrogen and oxygen atoms in total. The SMILES string of the molecule is [B]C1(C(F)(F)F)C=CC=CC(N2CCC(OCC(=O)O)C2)=C1. The summed E-state index contributed by atoms with van der Waals surface area (Å²) in [5.41, 5.74) is 0.353. The van der Waals surface area contributed by atoms with E-state index in [1.54, 1.807) is 11.0 Å². The van der Waals surface area contributed by atoms with Gasteiger partial charge >= 0.3 is 12.1 Å². The zero-order valence-electron chi connectivity index (χ0n) is 11.7. The van der Waals surface area contributed by atoms with E-state index < -0.39 is 24.1 Å². The minimum absolute atomic E-state index is 0.320. The van der Waals surface area contributed by atoms with E-state index in [-0.39, 0.29) is 6.10 Å². The van der Waals surface area contributed by atoms with Crippen molar-refractivity contribution >= 4 is 13.8 Å². The van der Waals surface area contributed by atoms with Crippen LogP contribution < -0.4 is 0 Å². The number of rotatable bonds is 4. The molecule has 2 aliphatic rings. The van der Waals surface area contributed by atoms with Crippen LogP contribution in [-0.4, -0.2) is 55.8 Å². The number of aliphatic carboxylic acids is 1. The summed E-state index contributed by atoms with van der Waals surface area (Å²) in [6, 6.07) is 0. The van der Waals surface area contributed by atoms with Crippen LogP contribution >= 0.6 is 0 Å². The van der Waals surface area contributed by atoms with Gasteiger partial charge in [0.15, 0.2) is 0 Å². The van der Waals surface area contributed by atoms with Gasteiger partial charge < -0.3 is 14.7 Å². The number of carboxylic acids is 1. The van der Waals surface area contributed by atoms with Crippen molar-refractivity contribution in [1.29, 1.82) is 0 Å². The summed E-state index contributed by atoms with van der Waals surface area (Å²) < 4.78 is 44.5. The number of carbonyl (C=O) groups is 1. The van der Waals surface area contributed by atoms with Gasteiger partial charge in [-0.1, -0.05) is 24.3 Å². The van der Waals surface area contributed by atoms with E-state index in [9.17, 15) is 18.0 Å².